The number of carbonyl (C=O) groups excluding carboxylic acids is 2. The van der Waals surface area contributed by atoms with Crippen LogP contribution in [-0.4, -0.2) is 29.4 Å². The highest BCUT2D eigenvalue weighted by Crippen LogP contribution is 2.22. The van der Waals surface area contributed by atoms with Crippen molar-refractivity contribution in [1.29, 1.82) is 0 Å². The van der Waals surface area contributed by atoms with Crippen LogP contribution < -0.4 is 0 Å². The molecule has 0 radical (unpaired) electrons. The Hall–Kier alpha value is -1.97. The number of alkyl halides is 1. The van der Waals surface area contributed by atoms with E-state index in [0.717, 1.165) is 11.0 Å². The van der Waals surface area contributed by atoms with Gasteiger partial charge in [0.25, 0.3) is 11.8 Å². The number of imide groups is 1. The second-order valence-corrected chi connectivity index (χ2v) is 3.52. The molecule has 1 atom stereocenters. The van der Waals surface area contributed by atoms with E-state index in [2.05, 4.69) is 6.58 Å². The van der Waals surface area contributed by atoms with E-state index < -0.39 is 18.0 Å². The van der Waals surface area contributed by atoms with Gasteiger partial charge in [-0.2, -0.15) is 0 Å². The molecular weight excluding hydrogens is 209 g/mol. The highest BCUT2D eigenvalue weighted by Gasteiger charge is 2.35. The van der Waals surface area contributed by atoms with Crippen molar-refractivity contribution in [3.63, 3.8) is 0 Å². The van der Waals surface area contributed by atoms with Gasteiger partial charge < -0.3 is 0 Å². The fourth-order valence-electron chi connectivity index (χ4n) is 1.65. The van der Waals surface area contributed by atoms with Gasteiger partial charge in [0, 0.05) is 0 Å². The van der Waals surface area contributed by atoms with Crippen LogP contribution in [0.15, 0.2) is 36.9 Å². The van der Waals surface area contributed by atoms with Crippen LogP contribution in [0.5, 0.6) is 0 Å². The maximum absolute atomic E-state index is 13.1. The first kappa shape index (κ1) is 10.5. The third kappa shape index (κ3) is 1.52. The Kier molecular flexibility index (Phi) is 2.56. The second kappa shape index (κ2) is 3.89. The number of hydrogen-bond acceptors (Lipinski definition) is 2. The monoisotopic (exact) mass is 219 g/mol. The predicted molar refractivity (Wildman–Crippen MR) is 56.9 cm³/mol. The maximum atomic E-state index is 13.1. The van der Waals surface area contributed by atoms with Crippen molar-refractivity contribution in [3.05, 3.63) is 48.0 Å². The molecule has 82 valence electrons. The molecule has 0 aliphatic carbocycles. The molecule has 2 rings (SSSR count). The number of halogens is 1. The average Bonchev–Trinajstić information content (AvgIpc) is 2.55. The number of nitrogens with zero attached hydrogens (tertiary/aromatic N) is 1. The summed E-state index contributed by atoms with van der Waals surface area (Å²) in [6.07, 6.45) is -0.314. The molecule has 0 aromatic heterocycles. The first-order valence-electron chi connectivity index (χ1n) is 4.87. The zero-order chi connectivity index (χ0) is 11.7. The van der Waals surface area contributed by atoms with Crippen LogP contribution in [-0.2, 0) is 0 Å². The summed E-state index contributed by atoms with van der Waals surface area (Å²) in [6.45, 7) is 3.01. The lowest BCUT2D eigenvalue weighted by atomic mass is 10.1. The van der Waals surface area contributed by atoms with Crippen molar-refractivity contribution in [3.8, 4) is 0 Å². The molecule has 16 heavy (non-hydrogen) atoms. The van der Waals surface area contributed by atoms with Crippen LogP contribution in [0.1, 0.15) is 20.7 Å². The Bertz CT molecular complexity index is 435. The van der Waals surface area contributed by atoms with Crippen molar-refractivity contribution in [2.45, 2.75) is 6.17 Å². The van der Waals surface area contributed by atoms with Crippen molar-refractivity contribution in [2.75, 3.05) is 6.54 Å². The van der Waals surface area contributed by atoms with Crippen molar-refractivity contribution < 1.29 is 14.0 Å². The minimum atomic E-state index is -1.39. The lowest BCUT2D eigenvalue weighted by Gasteiger charge is -2.14. The van der Waals surface area contributed by atoms with E-state index in [4.69, 9.17) is 0 Å². The quantitative estimate of drug-likeness (QED) is 0.574. The van der Waals surface area contributed by atoms with Gasteiger partial charge in [0.1, 0.15) is 6.17 Å². The number of hydrogen-bond donors (Lipinski definition) is 0. The number of rotatable bonds is 3. The smallest absolute Gasteiger partial charge is 0.261 e. The molecule has 1 aromatic rings. The number of carbonyl (C=O) groups is 2. The van der Waals surface area contributed by atoms with Crippen molar-refractivity contribution in [2.24, 2.45) is 0 Å². The minimum absolute atomic E-state index is 0.268. The molecule has 0 bridgehead atoms. The molecule has 1 aromatic carbocycles. The third-order valence-electron chi connectivity index (χ3n) is 2.49. The van der Waals surface area contributed by atoms with Crippen LogP contribution in [0.25, 0.3) is 0 Å². The lowest BCUT2D eigenvalue weighted by molar-refractivity contribution is 0.0627. The van der Waals surface area contributed by atoms with E-state index in [1.807, 2.05) is 0 Å². The Balaban J connectivity index is 2.31. The van der Waals surface area contributed by atoms with E-state index in [1.54, 1.807) is 24.3 Å². The molecule has 0 fully saturated rings. The molecule has 3 nitrogen and oxygen atoms in total. The van der Waals surface area contributed by atoms with Gasteiger partial charge in [-0.15, -0.1) is 6.58 Å². The highest BCUT2D eigenvalue weighted by molar-refractivity contribution is 6.21. The normalized spacial score (nSPS) is 16.2. The van der Waals surface area contributed by atoms with Gasteiger partial charge in [-0.25, -0.2) is 4.39 Å². The molecule has 1 aliphatic heterocycles. The molecule has 4 heteroatoms. The highest BCUT2D eigenvalue weighted by atomic mass is 19.1. The molecule has 1 aliphatic rings. The fraction of sp³-hybridized carbons (Fsp3) is 0.167. The minimum Gasteiger partial charge on any atom is -0.271 e. The van der Waals surface area contributed by atoms with Crippen LogP contribution in [0.2, 0.25) is 0 Å². The van der Waals surface area contributed by atoms with E-state index in [0.29, 0.717) is 11.1 Å². The summed E-state index contributed by atoms with van der Waals surface area (Å²) < 4.78 is 13.1. The van der Waals surface area contributed by atoms with Crippen molar-refractivity contribution in [1.82, 2.24) is 4.90 Å². The fourth-order valence-corrected chi connectivity index (χ4v) is 1.65. The Labute approximate surface area is 92.2 Å². The first-order chi connectivity index (χ1) is 7.65. The van der Waals surface area contributed by atoms with Gasteiger partial charge >= 0.3 is 0 Å². The predicted octanol–water partition coefficient (Wildman–Crippen LogP) is 1.81. The van der Waals surface area contributed by atoms with Gasteiger partial charge in [0.05, 0.1) is 17.7 Å². The Morgan fingerprint density at radius 2 is 1.75 bits per heavy atom. The zero-order valence-electron chi connectivity index (χ0n) is 8.52. The molecule has 0 saturated carbocycles. The maximum Gasteiger partial charge on any atom is 0.261 e. The average molecular weight is 219 g/mol. The van der Waals surface area contributed by atoms with Crippen LogP contribution >= 0.6 is 0 Å². The summed E-state index contributed by atoms with van der Waals surface area (Å²) in [4.78, 5) is 24.4. The molecule has 2 amide bonds. The molecule has 0 unspecified atom stereocenters. The summed E-state index contributed by atoms with van der Waals surface area (Å²) in [5.74, 6) is -0.879. The van der Waals surface area contributed by atoms with Gasteiger partial charge in [0.15, 0.2) is 0 Å². The van der Waals surface area contributed by atoms with Crippen LogP contribution in [0.3, 0.4) is 0 Å². The number of amides is 2. The Morgan fingerprint density at radius 1 is 1.25 bits per heavy atom. The lowest BCUT2D eigenvalue weighted by Crippen LogP contribution is -2.34. The van der Waals surface area contributed by atoms with E-state index in [9.17, 15) is 14.0 Å². The third-order valence-corrected chi connectivity index (χ3v) is 2.49. The summed E-state index contributed by atoms with van der Waals surface area (Å²) in [6, 6.07) is 6.48. The standard InChI is InChI=1S/C12H10FNO2/c1-2-8(13)7-14-11(15)9-5-3-4-6-10(9)12(14)16/h2-6,8H,1,7H2/t8-/m1/s1. The van der Waals surface area contributed by atoms with Gasteiger partial charge in [-0.05, 0) is 12.1 Å². The molecular formula is C12H10FNO2. The largest absolute Gasteiger partial charge is 0.271 e. The number of fused-ring (bicyclic) bond motifs is 1. The SMILES string of the molecule is C=C[C@@H](F)CN1C(=O)c2ccccc2C1=O. The Morgan fingerprint density at radius 3 is 2.19 bits per heavy atom. The summed E-state index contributed by atoms with van der Waals surface area (Å²) >= 11 is 0. The topological polar surface area (TPSA) is 37.4 Å². The first-order valence-corrected chi connectivity index (χ1v) is 4.87. The van der Waals surface area contributed by atoms with E-state index in [1.165, 1.54) is 0 Å². The zero-order valence-corrected chi connectivity index (χ0v) is 8.52. The van der Waals surface area contributed by atoms with Crippen LogP contribution in [0, 0.1) is 0 Å². The van der Waals surface area contributed by atoms with Crippen molar-refractivity contribution >= 4 is 11.8 Å². The molecule has 0 N–H and O–H groups in total. The summed E-state index contributed by atoms with van der Waals surface area (Å²) in [5.41, 5.74) is 0.674. The van der Waals surface area contributed by atoms with E-state index >= 15 is 0 Å². The van der Waals surface area contributed by atoms with Gasteiger partial charge in [-0.3, -0.25) is 14.5 Å². The molecule has 0 spiro atoms. The van der Waals surface area contributed by atoms with E-state index in [-0.39, 0.29) is 6.54 Å². The molecule has 1 heterocycles. The van der Waals surface area contributed by atoms with Gasteiger partial charge in [-0.1, -0.05) is 18.2 Å². The molecule has 0 saturated heterocycles. The summed E-state index contributed by atoms with van der Waals surface area (Å²) in [5, 5.41) is 0. The summed E-state index contributed by atoms with van der Waals surface area (Å²) in [7, 11) is 0. The van der Waals surface area contributed by atoms with Gasteiger partial charge in [0.2, 0.25) is 0 Å². The number of benzene rings is 1. The second-order valence-electron chi connectivity index (χ2n) is 3.52. The van der Waals surface area contributed by atoms with Crippen LogP contribution in [0.4, 0.5) is 4.39 Å².